The Morgan fingerprint density at radius 2 is 1.47 bits per heavy atom. The van der Waals surface area contributed by atoms with Gasteiger partial charge in [-0.3, -0.25) is 4.79 Å². The Morgan fingerprint density at radius 1 is 0.875 bits per heavy atom. The summed E-state index contributed by atoms with van der Waals surface area (Å²) in [5, 5.41) is 2.87. The maximum absolute atomic E-state index is 13.0. The molecule has 0 radical (unpaired) electrons. The first-order valence-corrected chi connectivity index (χ1v) is 12.1. The molecule has 0 heterocycles. The molecule has 0 bridgehead atoms. The van der Waals surface area contributed by atoms with Gasteiger partial charge in [0.2, 0.25) is 15.9 Å². The minimum atomic E-state index is -3.90. The number of carbonyl (C=O) groups is 1. The molecule has 0 spiro atoms. The summed E-state index contributed by atoms with van der Waals surface area (Å²) in [6.45, 7) is 2.77. The molecule has 1 atom stereocenters. The second-order valence-corrected chi connectivity index (χ2v) is 9.01. The van der Waals surface area contributed by atoms with E-state index in [1.165, 1.54) is 12.1 Å². The molecule has 3 aromatic carbocycles. The Kier molecular flexibility index (Phi) is 8.41. The average Bonchev–Trinajstić information content (AvgIpc) is 2.80. The molecule has 3 aromatic rings. The lowest BCUT2D eigenvalue weighted by atomic mass is 10.1. The van der Waals surface area contributed by atoms with Crippen LogP contribution in [0.4, 0.5) is 0 Å². The fourth-order valence-electron chi connectivity index (χ4n) is 3.27. The molecular formula is C25H28N2O4S. The highest BCUT2D eigenvalue weighted by atomic mass is 32.2. The summed E-state index contributed by atoms with van der Waals surface area (Å²) < 4.78 is 33.9. The molecule has 0 aliphatic heterocycles. The lowest BCUT2D eigenvalue weighted by molar-refractivity contribution is -0.122. The smallest absolute Gasteiger partial charge is 0.241 e. The number of ether oxygens (including phenoxy) is 1. The molecule has 0 unspecified atom stereocenters. The quantitative estimate of drug-likeness (QED) is 0.467. The zero-order valence-corrected chi connectivity index (χ0v) is 18.8. The van der Waals surface area contributed by atoms with Gasteiger partial charge in [-0.05, 0) is 55.2 Å². The first-order valence-electron chi connectivity index (χ1n) is 10.6. The normalized spacial score (nSPS) is 12.2. The van der Waals surface area contributed by atoms with E-state index in [1.807, 2.05) is 67.6 Å². The third kappa shape index (κ3) is 6.93. The van der Waals surface area contributed by atoms with Crippen LogP contribution >= 0.6 is 0 Å². The van der Waals surface area contributed by atoms with Crippen LogP contribution in [0.25, 0.3) is 0 Å². The van der Waals surface area contributed by atoms with Gasteiger partial charge in [0.15, 0.2) is 0 Å². The average molecular weight is 453 g/mol. The van der Waals surface area contributed by atoms with Crippen molar-refractivity contribution in [1.29, 1.82) is 0 Å². The van der Waals surface area contributed by atoms with E-state index in [2.05, 4.69) is 10.0 Å². The van der Waals surface area contributed by atoms with Crippen LogP contribution in [0.15, 0.2) is 89.8 Å². The Morgan fingerprint density at radius 3 is 2.06 bits per heavy atom. The highest BCUT2D eigenvalue weighted by molar-refractivity contribution is 7.89. The number of benzene rings is 3. The summed E-state index contributed by atoms with van der Waals surface area (Å²) in [6.07, 6.45) is 0.907. The van der Waals surface area contributed by atoms with Gasteiger partial charge in [0, 0.05) is 6.54 Å². The van der Waals surface area contributed by atoms with Gasteiger partial charge in [-0.2, -0.15) is 4.72 Å². The van der Waals surface area contributed by atoms with Crippen LogP contribution in [0.3, 0.4) is 0 Å². The van der Waals surface area contributed by atoms with Crippen LogP contribution in [0.1, 0.15) is 18.1 Å². The van der Waals surface area contributed by atoms with Crippen molar-refractivity contribution < 1.29 is 17.9 Å². The molecule has 2 N–H and O–H groups in total. The topological polar surface area (TPSA) is 84.5 Å². The van der Waals surface area contributed by atoms with Crippen molar-refractivity contribution >= 4 is 15.9 Å². The van der Waals surface area contributed by atoms with E-state index in [0.717, 1.165) is 11.1 Å². The highest BCUT2D eigenvalue weighted by Gasteiger charge is 2.26. The number of hydrogen-bond donors (Lipinski definition) is 2. The largest absolute Gasteiger partial charge is 0.494 e. The lowest BCUT2D eigenvalue weighted by Crippen LogP contribution is -2.48. The molecule has 168 valence electrons. The molecule has 0 aromatic heterocycles. The monoisotopic (exact) mass is 452 g/mol. The van der Waals surface area contributed by atoms with Crippen molar-refractivity contribution in [3.63, 3.8) is 0 Å². The Balaban J connectivity index is 1.71. The van der Waals surface area contributed by atoms with Crippen molar-refractivity contribution in [2.45, 2.75) is 30.7 Å². The number of amides is 1. The number of hydrogen-bond acceptors (Lipinski definition) is 4. The summed E-state index contributed by atoms with van der Waals surface area (Å²) in [4.78, 5) is 13.0. The first kappa shape index (κ1) is 23.5. The van der Waals surface area contributed by atoms with E-state index >= 15 is 0 Å². The predicted molar refractivity (Wildman–Crippen MR) is 125 cm³/mol. The molecule has 32 heavy (non-hydrogen) atoms. The van der Waals surface area contributed by atoms with Gasteiger partial charge in [0.25, 0.3) is 0 Å². The van der Waals surface area contributed by atoms with Gasteiger partial charge in [0.05, 0.1) is 11.5 Å². The Bertz CT molecular complexity index is 1090. The number of rotatable bonds is 11. The van der Waals surface area contributed by atoms with Crippen LogP contribution in [0.5, 0.6) is 5.75 Å². The van der Waals surface area contributed by atoms with Gasteiger partial charge in [-0.1, -0.05) is 60.7 Å². The van der Waals surface area contributed by atoms with Gasteiger partial charge in [-0.15, -0.1) is 0 Å². The van der Waals surface area contributed by atoms with Crippen LogP contribution in [-0.2, 0) is 27.7 Å². The summed E-state index contributed by atoms with van der Waals surface area (Å²) in [6, 6.07) is 24.4. The molecule has 0 fully saturated rings. The maximum Gasteiger partial charge on any atom is 0.241 e. The third-order valence-electron chi connectivity index (χ3n) is 4.90. The molecule has 3 rings (SSSR count). The Labute approximate surface area is 189 Å². The molecule has 0 saturated heterocycles. The van der Waals surface area contributed by atoms with Gasteiger partial charge < -0.3 is 10.1 Å². The van der Waals surface area contributed by atoms with E-state index < -0.39 is 16.1 Å². The molecule has 0 aliphatic carbocycles. The van der Waals surface area contributed by atoms with Crippen molar-refractivity contribution in [3.8, 4) is 5.75 Å². The van der Waals surface area contributed by atoms with Crippen molar-refractivity contribution in [3.05, 3.63) is 96.1 Å². The number of nitrogens with one attached hydrogen (secondary N) is 2. The molecule has 0 saturated carbocycles. The number of sulfonamides is 1. The summed E-state index contributed by atoms with van der Waals surface area (Å²) >= 11 is 0. The highest BCUT2D eigenvalue weighted by Crippen LogP contribution is 2.17. The first-order chi connectivity index (χ1) is 15.5. The van der Waals surface area contributed by atoms with Gasteiger partial charge in [-0.25, -0.2) is 8.42 Å². The summed E-state index contributed by atoms with van der Waals surface area (Å²) in [5.74, 6) is 0.227. The van der Waals surface area contributed by atoms with E-state index in [9.17, 15) is 13.2 Å². The standard InChI is InChI=1S/C25H28N2O4S/c1-2-31-22-13-15-23(16-14-22)32(29,30)27-24(19-21-11-7-4-8-12-21)25(28)26-18-17-20-9-5-3-6-10-20/h3-16,24,27H,2,17-19H2,1H3,(H,26,28)/t24-/m0/s1. The Hall–Kier alpha value is -3.16. The summed E-state index contributed by atoms with van der Waals surface area (Å²) in [5.41, 5.74) is 1.97. The second kappa shape index (κ2) is 11.5. The van der Waals surface area contributed by atoms with Gasteiger partial charge in [0.1, 0.15) is 11.8 Å². The van der Waals surface area contributed by atoms with Crippen molar-refractivity contribution in [2.24, 2.45) is 0 Å². The van der Waals surface area contributed by atoms with Crippen LogP contribution in [0.2, 0.25) is 0 Å². The molecule has 6 nitrogen and oxygen atoms in total. The second-order valence-electron chi connectivity index (χ2n) is 7.29. The SMILES string of the molecule is CCOc1ccc(S(=O)(=O)N[C@@H](Cc2ccccc2)C(=O)NCCc2ccccc2)cc1. The minimum Gasteiger partial charge on any atom is -0.494 e. The van der Waals surface area contributed by atoms with Crippen LogP contribution in [-0.4, -0.2) is 33.5 Å². The maximum atomic E-state index is 13.0. The molecular weight excluding hydrogens is 424 g/mol. The third-order valence-corrected chi connectivity index (χ3v) is 6.38. The van der Waals surface area contributed by atoms with E-state index in [1.54, 1.807) is 12.1 Å². The fraction of sp³-hybridized carbons (Fsp3) is 0.240. The zero-order chi connectivity index (χ0) is 22.8. The van der Waals surface area contributed by atoms with Gasteiger partial charge >= 0.3 is 0 Å². The molecule has 1 amide bonds. The van der Waals surface area contributed by atoms with Crippen molar-refractivity contribution in [2.75, 3.05) is 13.2 Å². The fourth-order valence-corrected chi connectivity index (χ4v) is 4.47. The van der Waals surface area contributed by atoms with E-state index in [0.29, 0.717) is 25.3 Å². The van der Waals surface area contributed by atoms with Crippen LogP contribution in [0, 0.1) is 0 Å². The zero-order valence-electron chi connectivity index (χ0n) is 18.0. The molecule has 7 heteroatoms. The predicted octanol–water partition coefficient (Wildman–Crippen LogP) is 3.33. The lowest BCUT2D eigenvalue weighted by Gasteiger charge is -2.19. The van der Waals surface area contributed by atoms with E-state index in [4.69, 9.17) is 4.74 Å². The van der Waals surface area contributed by atoms with Crippen molar-refractivity contribution in [1.82, 2.24) is 10.0 Å². The summed E-state index contributed by atoms with van der Waals surface area (Å²) in [7, 11) is -3.90. The number of carbonyl (C=O) groups excluding carboxylic acids is 1. The van der Waals surface area contributed by atoms with E-state index in [-0.39, 0.29) is 17.2 Å². The minimum absolute atomic E-state index is 0.0797. The van der Waals surface area contributed by atoms with Crippen LogP contribution < -0.4 is 14.8 Å². The molecule has 0 aliphatic rings.